The SMILES string of the molecule is O=C1NCc2ccc(C3=CCNCC3)cc2N1. The van der Waals surface area contributed by atoms with E-state index in [0.29, 0.717) is 6.54 Å². The van der Waals surface area contributed by atoms with Gasteiger partial charge in [-0.15, -0.1) is 0 Å². The van der Waals surface area contributed by atoms with Gasteiger partial charge in [-0.1, -0.05) is 18.2 Å². The van der Waals surface area contributed by atoms with Crippen molar-refractivity contribution < 1.29 is 4.79 Å². The third-order valence-electron chi connectivity index (χ3n) is 3.23. The van der Waals surface area contributed by atoms with Crippen molar-refractivity contribution in [3.8, 4) is 0 Å². The number of rotatable bonds is 1. The highest BCUT2D eigenvalue weighted by atomic mass is 16.2. The lowest BCUT2D eigenvalue weighted by Crippen LogP contribution is -2.33. The number of urea groups is 1. The third kappa shape index (κ3) is 2.03. The van der Waals surface area contributed by atoms with Gasteiger partial charge in [-0.25, -0.2) is 4.79 Å². The average Bonchev–Trinajstić information content (AvgIpc) is 2.39. The first-order valence-corrected chi connectivity index (χ1v) is 5.91. The van der Waals surface area contributed by atoms with Crippen LogP contribution >= 0.6 is 0 Å². The average molecular weight is 229 g/mol. The Bertz CT molecular complexity index is 493. The Morgan fingerprint density at radius 3 is 3.00 bits per heavy atom. The van der Waals surface area contributed by atoms with Crippen molar-refractivity contribution in [3.05, 3.63) is 35.4 Å². The van der Waals surface area contributed by atoms with Gasteiger partial charge in [0, 0.05) is 18.8 Å². The van der Waals surface area contributed by atoms with E-state index in [1.165, 1.54) is 11.1 Å². The van der Waals surface area contributed by atoms with Crippen LogP contribution in [0.1, 0.15) is 17.5 Å². The van der Waals surface area contributed by atoms with Gasteiger partial charge < -0.3 is 16.0 Å². The second-order valence-corrected chi connectivity index (χ2v) is 4.36. The number of carbonyl (C=O) groups is 1. The highest BCUT2D eigenvalue weighted by molar-refractivity contribution is 5.93. The molecule has 3 rings (SSSR count). The lowest BCUT2D eigenvalue weighted by Gasteiger charge is -2.20. The minimum Gasteiger partial charge on any atom is -0.334 e. The molecule has 2 heterocycles. The zero-order valence-corrected chi connectivity index (χ0v) is 9.55. The molecule has 0 unspecified atom stereocenters. The predicted molar refractivity (Wildman–Crippen MR) is 67.8 cm³/mol. The normalized spacial score (nSPS) is 18.8. The molecule has 1 aromatic rings. The van der Waals surface area contributed by atoms with E-state index >= 15 is 0 Å². The van der Waals surface area contributed by atoms with Crippen LogP contribution in [-0.4, -0.2) is 19.1 Å². The number of carbonyl (C=O) groups excluding carboxylic acids is 1. The van der Waals surface area contributed by atoms with E-state index in [4.69, 9.17) is 0 Å². The standard InChI is InChI=1S/C13H15N3O/c17-13-15-8-11-2-1-10(7-12(11)16-13)9-3-5-14-6-4-9/h1-3,7,14H,4-6,8H2,(H2,15,16,17). The quantitative estimate of drug-likeness (QED) is 0.686. The summed E-state index contributed by atoms with van der Waals surface area (Å²) >= 11 is 0. The Hall–Kier alpha value is -1.81. The van der Waals surface area contributed by atoms with Crippen LogP contribution in [0, 0.1) is 0 Å². The zero-order chi connectivity index (χ0) is 11.7. The van der Waals surface area contributed by atoms with Crippen LogP contribution in [0.2, 0.25) is 0 Å². The summed E-state index contributed by atoms with van der Waals surface area (Å²) in [5.74, 6) is 0. The van der Waals surface area contributed by atoms with Gasteiger partial charge in [0.2, 0.25) is 0 Å². The Morgan fingerprint density at radius 2 is 2.18 bits per heavy atom. The van der Waals surface area contributed by atoms with Gasteiger partial charge in [-0.3, -0.25) is 0 Å². The molecule has 0 saturated carbocycles. The first-order valence-electron chi connectivity index (χ1n) is 5.91. The third-order valence-corrected chi connectivity index (χ3v) is 3.23. The van der Waals surface area contributed by atoms with Crippen LogP contribution in [0.25, 0.3) is 5.57 Å². The van der Waals surface area contributed by atoms with Crippen molar-refractivity contribution in [2.45, 2.75) is 13.0 Å². The monoisotopic (exact) mass is 229 g/mol. The molecule has 0 bridgehead atoms. The molecule has 1 aromatic carbocycles. The summed E-state index contributed by atoms with van der Waals surface area (Å²) in [7, 11) is 0. The van der Waals surface area contributed by atoms with Crippen molar-refractivity contribution in [2.24, 2.45) is 0 Å². The molecule has 0 fully saturated rings. The van der Waals surface area contributed by atoms with Crippen LogP contribution < -0.4 is 16.0 Å². The van der Waals surface area contributed by atoms with Crippen LogP contribution in [-0.2, 0) is 6.54 Å². The summed E-state index contributed by atoms with van der Waals surface area (Å²) < 4.78 is 0. The maximum absolute atomic E-state index is 11.3. The van der Waals surface area contributed by atoms with Gasteiger partial charge in [0.1, 0.15) is 0 Å². The molecule has 4 nitrogen and oxygen atoms in total. The number of benzene rings is 1. The fourth-order valence-corrected chi connectivity index (χ4v) is 2.27. The smallest absolute Gasteiger partial charge is 0.319 e. The van der Waals surface area contributed by atoms with E-state index in [9.17, 15) is 4.79 Å². The fourth-order valence-electron chi connectivity index (χ4n) is 2.27. The molecule has 0 saturated heterocycles. The van der Waals surface area contributed by atoms with Gasteiger partial charge in [0.25, 0.3) is 0 Å². The van der Waals surface area contributed by atoms with E-state index in [-0.39, 0.29) is 6.03 Å². The predicted octanol–water partition coefficient (Wildman–Crippen LogP) is 1.70. The summed E-state index contributed by atoms with van der Waals surface area (Å²) in [6.07, 6.45) is 3.26. The lowest BCUT2D eigenvalue weighted by atomic mass is 9.97. The lowest BCUT2D eigenvalue weighted by molar-refractivity contribution is 0.251. The topological polar surface area (TPSA) is 53.2 Å². The van der Waals surface area contributed by atoms with E-state index in [0.717, 1.165) is 30.8 Å². The molecule has 0 spiro atoms. The van der Waals surface area contributed by atoms with Gasteiger partial charge in [-0.2, -0.15) is 0 Å². The Morgan fingerprint density at radius 1 is 1.24 bits per heavy atom. The highest BCUT2D eigenvalue weighted by Crippen LogP contribution is 2.26. The van der Waals surface area contributed by atoms with Crippen LogP contribution in [0.3, 0.4) is 0 Å². The molecule has 0 aromatic heterocycles. The van der Waals surface area contributed by atoms with Gasteiger partial charge >= 0.3 is 6.03 Å². The number of anilines is 1. The number of hydrogen-bond donors (Lipinski definition) is 3. The minimum atomic E-state index is -0.117. The number of fused-ring (bicyclic) bond motifs is 1. The van der Waals surface area contributed by atoms with Crippen LogP contribution in [0.5, 0.6) is 0 Å². The van der Waals surface area contributed by atoms with E-state index in [2.05, 4.69) is 40.2 Å². The Balaban J connectivity index is 1.94. The molecular formula is C13H15N3O. The summed E-state index contributed by atoms with van der Waals surface area (Å²) in [6.45, 7) is 2.57. The molecule has 17 heavy (non-hydrogen) atoms. The molecular weight excluding hydrogens is 214 g/mol. The Kier molecular flexibility index (Phi) is 2.57. The highest BCUT2D eigenvalue weighted by Gasteiger charge is 2.15. The minimum absolute atomic E-state index is 0.117. The van der Waals surface area contributed by atoms with E-state index in [1.54, 1.807) is 0 Å². The zero-order valence-electron chi connectivity index (χ0n) is 9.55. The molecule has 4 heteroatoms. The number of nitrogens with one attached hydrogen (secondary N) is 3. The van der Waals surface area contributed by atoms with Crippen LogP contribution in [0.4, 0.5) is 10.5 Å². The first kappa shape index (κ1) is 10.4. The molecule has 0 atom stereocenters. The Labute approximate surface area is 100 Å². The molecule has 3 N–H and O–H groups in total. The maximum atomic E-state index is 11.3. The summed E-state index contributed by atoms with van der Waals surface area (Å²) in [4.78, 5) is 11.3. The van der Waals surface area contributed by atoms with E-state index in [1.807, 2.05) is 0 Å². The second-order valence-electron chi connectivity index (χ2n) is 4.36. The molecule has 88 valence electrons. The summed E-state index contributed by atoms with van der Waals surface area (Å²) in [6, 6.07) is 6.18. The molecule has 2 amide bonds. The van der Waals surface area contributed by atoms with Gasteiger partial charge in [-0.05, 0) is 35.7 Å². The number of amides is 2. The largest absolute Gasteiger partial charge is 0.334 e. The maximum Gasteiger partial charge on any atom is 0.319 e. The fraction of sp³-hybridized carbons (Fsp3) is 0.308. The summed E-state index contributed by atoms with van der Waals surface area (Å²) in [5, 5.41) is 8.91. The van der Waals surface area contributed by atoms with Gasteiger partial charge in [0.15, 0.2) is 0 Å². The van der Waals surface area contributed by atoms with Crippen molar-refractivity contribution >= 4 is 17.3 Å². The molecule has 2 aliphatic heterocycles. The second kappa shape index (κ2) is 4.22. The van der Waals surface area contributed by atoms with Crippen molar-refractivity contribution in [1.82, 2.24) is 10.6 Å². The van der Waals surface area contributed by atoms with Crippen LogP contribution in [0.15, 0.2) is 24.3 Å². The summed E-state index contributed by atoms with van der Waals surface area (Å²) in [5.41, 5.74) is 4.65. The molecule has 2 aliphatic rings. The van der Waals surface area contributed by atoms with Crippen molar-refractivity contribution in [2.75, 3.05) is 18.4 Å². The van der Waals surface area contributed by atoms with Gasteiger partial charge in [0.05, 0.1) is 0 Å². The van der Waals surface area contributed by atoms with Crippen molar-refractivity contribution in [3.63, 3.8) is 0 Å². The van der Waals surface area contributed by atoms with Crippen molar-refractivity contribution in [1.29, 1.82) is 0 Å². The molecule has 0 aliphatic carbocycles. The van der Waals surface area contributed by atoms with E-state index < -0.39 is 0 Å². The molecule has 0 radical (unpaired) electrons. The first-order chi connectivity index (χ1) is 8.33. The number of hydrogen-bond acceptors (Lipinski definition) is 2.